The van der Waals surface area contributed by atoms with Gasteiger partial charge in [-0.3, -0.25) is 9.59 Å². The van der Waals surface area contributed by atoms with Crippen molar-refractivity contribution in [1.29, 1.82) is 0 Å². The maximum Gasteiger partial charge on any atom is 0.254 e. The molecule has 172 valence electrons. The first-order valence-electron chi connectivity index (χ1n) is 10.9. The molecule has 1 saturated heterocycles. The van der Waals surface area contributed by atoms with Crippen LogP contribution in [0.25, 0.3) is 0 Å². The number of rotatable bonds is 8. The summed E-state index contributed by atoms with van der Waals surface area (Å²) in [6.45, 7) is 5.31. The molecule has 2 amide bonds. The van der Waals surface area contributed by atoms with Crippen LogP contribution in [0.1, 0.15) is 40.7 Å². The zero-order chi connectivity index (χ0) is 23.3. The summed E-state index contributed by atoms with van der Waals surface area (Å²) in [4.78, 5) is 28.1. The lowest BCUT2D eigenvalue weighted by molar-refractivity contribution is -0.124. The summed E-state index contributed by atoms with van der Waals surface area (Å²) in [6.07, 6.45) is 0.846. The molecule has 1 N–H and O–H groups in total. The number of ether oxygens (including phenoxy) is 3. The van der Waals surface area contributed by atoms with Gasteiger partial charge in [-0.1, -0.05) is 25.1 Å². The standard InChI is InChI=1S/C25H32N2O5/c1-6-11-26-24(28)20-15-27(25(29)18-10-8-7-9-16(18)2)14-19(20)17-12-21(30-3)23(32-5)22(13-17)31-4/h7-10,12-13,19-20H,6,11,14-15H2,1-5H3,(H,26,28)/t19-,20-/m0/s1. The number of benzene rings is 2. The van der Waals surface area contributed by atoms with Crippen LogP contribution in [0.4, 0.5) is 0 Å². The normalized spacial score (nSPS) is 17.7. The van der Waals surface area contributed by atoms with Gasteiger partial charge in [-0.15, -0.1) is 0 Å². The summed E-state index contributed by atoms with van der Waals surface area (Å²) in [5.74, 6) is 0.857. The molecule has 1 fully saturated rings. The number of nitrogens with one attached hydrogen (secondary N) is 1. The van der Waals surface area contributed by atoms with Crippen LogP contribution in [-0.2, 0) is 4.79 Å². The highest BCUT2D eigenvalue weighted by molar-refractivity contribution is 5.96. The van der Waals surface area contributed by atoms with Crippen molar-refractivity contribution in [3.63, 3.8) is 0 Å². The maximum atomic E-state index is 13.3. The van der Waals surface area contributed by atoms with E-state index in [1.54, 1.807) is 26.2 Å². The van der Waals surface area contributed by atoms with Crippen molar-refractivity contribution in [3.8, 4) is 17.2 Å². The first kappa shape index (κ1) is 23.4. The summed E-state index contributed by atoms with van der Waals surface area (Å²) < 4.78 is 16.5. The van der Waals surface area contributed by atoms with Gasteiger partial charge in [-0.2, -0.15) is 0 Å². The van der Waals surface area contributed by atoms with Gasteiger partial charge in [0.05, 0.1) is 27.2 Å². The lowest BCUT2D eigenvalue weighted by atomic mass is 9.88. The van der Waals surface area contributed by atoms with Crippen molar-refractivity contribution in [2.24, 2.45) is 5.92 Å². The third-order valence-corrected chi connectivity index (χ3v) is 5.98. The third kappa shape index (κ3) is 4.66. The van der Waals surface area contributed by atoms with Crippen LogP contribution in [0.15, 0.2) is 36.4 Å². The molecule has 0 saturated carbocycles. The number of hydrogen-bond donors (Lipinski definition) is 1. The van der Waals surface area contributed by atoms with E-state index in [2.05, 4.69) is 5.32 Å². The van der Waals surface area contributed by atoms with Crippen LogP contribution >= 0.6 is 0 Å². The number of carbonyl (C=O) groups excluding carboxylic acids is 2. The fraction of sp³-hybridized carbons (Fsp3) is 0.440. The molecule has 0 unspecified atom stereocenters. The van der Waals surface area contributed by atoms with Gasteiger partial charge in [-0.05, 0) is 42.7 Å². The molecular weight excluding hydrogens is 408 g/mol. The second-order valence-corrected chi connectivity index (χ2v) is 7.99. The van der Waals surface area contributed by atoms with Crippen LogP contribution in [0.2, 0.25) is 0 Å². The molecule has 0 radical (unpaired) electrons. The van der Waals surface area contributed by atoms with Gasteiger partial charge in [0.1, 0.15) is 0 Å². The fourth-order valence-electron chi connectivity index (χ4n) is 4.25. The average molecular weight is 441 g/mol. The highest BCUT2D eigenvalue weighted by atomic mass is 16.5. The number of nitrogens with zero attached hydrogens (tertiary/aromatic N) is 1. The van der Waals surface area contributed by atoms with Gasteiger partial charge in [0.25, 0.3) is 5.91 Å². The lowest BCUT2D eigenvalue weighted by Crippen LogP contribution is -2.36. The Morgan fingerprint density at radius 3 is 2.25 bits per heavy atom. The molecule has 1 heterocycles. The Bertz CT molecular complexity index is 950. The topological polar surface area (TPSA) is 77.1 Å². The minimum absolute atomic E-state index is 0.0503. The minimum atomic E-state index is -0.377. The predicted molar refractivity (Wildman–Crippen MR) is 123 cm³/mol. The molecule has 1 aliphatic heterocycles. The number of likely N-dealkylation sites (tertiary alicyclic amines) is 1. The molecule has 32 heavy (non-hydrogen) atoms. The Morgan fingerprint density at radius 1 is 1.03 bits per heavy atom. The van der Waals surface area contributed by atoms with Crippen LogP contribution in [0.3, 0.4) is 0 Å². The highest BCUT2D eigenvalue weighted by Gasteiger charge is 2.41. The zero-order valence-corrected chi connectivity index (χ0v) is 19.4. The van der Waals surface area contributed by atoms with Gasteiger partial charge >= 0.3 is 0 Å². The van der Waals surface area contributed by atoms with Crippen molar-refractivity contribution >= 4 is 11.8 Å². The first-order valence-corrected chi connectivity index (χ1v) is 10.9. The Labute approximate surface area is 189 Å². The maximum absolute atomic E-state index is 13.3. The quantitative estimate of drug-likeness (QED) is 0.681. The van der Waals surface area contributed by atoms with Crippen molar-refractivity contribution in [3.05, 3.63) is 53.1 Å². The van der Waals surface area contributed by atoms with Crippen molar-refractivity contribution in [2.75, 3.05) is 41.0 Å². The first-order chi connectivity index (χ1) is 15.4. The average Bonchev–Trinajstić information content (AvgIpc) is 3.27. The Morgan fingerprint density at radius 2 is 1.69 bits per heavy atom. The Hall–Kier alpha value is -3.22. The molecule has 0 spiro atoms. The second kappa shape index (κ2) is 10.4. The molecule has 7 heteroatoms. The van der Waals surface area contributed by atoms with E-state index >= 15 is 0 Å². The molecule has 3 rings (SSSR count). The number of methoxy groups -OCH3 is 3. The van der Waals surface area contributed by atoms with Gasteiger partial charge in [0, 0.05) is 31.1 Å². The molecule has 0 bridgehead atoms. The SMILES string of the molecule is CCCNC(=O)[C@H]1CN(C(=O)c2ccccc2C)C[C@H]1c1cc(OC)c(OC)c(OC)c1. The van der Waals surface area contributed by atoms with E-state index in [4.69, 9.17) is 14.2 Å². The van der Waals surface area contributed by atoms with Crippen LogP contribution in [0, 0.1) is 12.8 Å². The van der Waals surface area contributed by atoms with E-state index in [9.17, 15) is 9.59 Å². The van der Waals surface area contributed by atoms with E-state index in [-0.39, 0.29) is 23.7 Å². The van der Waals surface area contributed by atoms with Gasteiger partial charge in [-0.25, -0.2) is 0 Å². The molecule has 1 aliphatic rings. The molecule has 0 aromatic heterocycles. The summed E-state index contributed by atoms with van der Waals surface area (Å²) in [5.41, 5.74) is 2.45. The summed E-state index contributed by atoms with van der Waals surface area (Å²) in [7, 11) is 4.68. The molecule has 7 nitrogen and oxygen atoms in total. The number of hydrogen-bond acceptors (Lipinski definition) is 5. The molecule has 2 aromatic rings. The van der Waals surface area contributed by atoms with E-state index in [0.29, 0.717) is 42.4 Å². The largest absolute Gasteiger partial charge is 0.493 e. The van der Waals surface area contributed by atoms with E-state index in [1.807, 2.05) is 50.2 Å². The molecule has 0 aliphatic carbocycles. The van der Waals surface area contributed by atoms with Crippen LogP contribution in [0.5, 0.6) is 17.2 Å². The van der Waals surface area contributed by atoms with E-state index in [1.165, 1.54) is 0 Å². The minimum Gasteiger partial charge on any atom is -0.493 e. The van der Waals surface area contributed by atoms with Gasteiger partial charge < -0.3 is 24.4 Å². The number of carbonyl (C=O) groups is 2. The summed E-state index contributed by atoms with van der Waals surface area (Å²) >= 11 is 0. The Kier molecular flexibility index (Phi) is 7.62. The number of aryl methyl sites for hydroxylation is 1. The van der Waals surface area contributed by atoms with Crippen molar-refractivity contribution < 1.29 is 23.8 Å². The summed E-state index contributed by atoms with van der Waals surface area (Å²) in [6, 6.07) is 11.3. The number of amides is 2. The third-order valence-electron chi connectivity index (χ3n) is 5.98. The van der Waals surface area contributed by atoms with Crippen molar-refractivity contribution in [1.82, 2.24) is 10.2 Å². The molecular formula is C25H32N2O5. The zero-order valence-electron chi connectivity index (χ0n) is 19.4. The smallest absolute Gasteiger partial charge is 0.254 e. The van der Waals surface area contributed by atoms with E-state index < -0.39 is 0 Å². The van der Waals surface area contributed by atoms with Gasteiger partial charge in [0.15, 0.2) is 11.5 Å². The van der Waals surface area contributed by atoms with Gasteiger partial charge in [0.2, 0.25) is 11.7 Å². The second-order valence-electron chi connectivity index (χ2n) is 7.99. The fourth-order valence-corrected chi connectivity index (χ4v) is 4.25. The lowest BCUT2D eigenvalue weighted by Gasteiger charge is -2.21. The monoisotopic (exact) mass is 440 g/mol. The van der Waals surface area contributed by atoms with Crippen LogP contribution in [-0.4, -0.2) is 57.7 Å². The molecule has 2 atom stereocenters. The van der Waals surface area contributed by atoms with E-state index in [0.717, 1.165) is 17.5 Å². The highest BCUT2D eigenvalue weighted by Crippen LogP contribution is 2.43. The summed E-state index contributed by atoms with van der Waals surface area (Å²) in [5, 5.41) is 3.00. The predicted octanol–water partition coefficient (Wildman–Crippen LogP) is 3.40. The Balaban J connectivity index is 1.99. The van der Waals surface area contributed by atoms with Crippen LogP contribution < -0.4 is 19.5 Å². The molecule has 2 aromatic carbocycles. The van der Waals surface area contributed by atoms with Crippen molar-refractivity contribution in [2.45, 2.75) is 26.2 Å².